The number of hydrogen-bond donors (Lipinski definition) is 1. The van der Waals surface area contributed by atoms with E-state index in [4.69, 9.17) is 0 Å². The van der Waals surface area contributed by atoms with Crippen LogP contribution in [0.4, 0.5) is 0 Å². The molecule has 3 heteroatoms. The number of benzene rings is 1. The molecule has 2 heterocycles. The minimum Gasteiger partial charge on any atom is -0.316 e. The molecule has 2 atom stereocenters. The van der Waals surface area contributed by atoms with Gasteiger partial charge in [-0.1, -0.05) is 25.1 Å². The van der Waals surface area contributed by atoms with Crippen LogP contribution >= 0.6 is 23.7 Å². The number of thiophene rings is 1. The topological polar surface area (TPSA) is 12.0 Å². The van der Waals surface area contributed by atoms with Gasteiger partial charge in [0.25, 0.3) is 0 Å². The maximum absolute atomic E-state index is 3.48. The molecule has 2 aromatic rings. The molecule has 0 amide bonds. The van der Waals surface area contributed by atoms with Gasteiger partial charge >= 0.3 is 0 Å². The summed E-state index contributed by atoms with van der Waals surface area (Å²) in [7, 11) is 0. The molecule has 0 spiro atoms. The number of halogens is 1. The zero-order valence-electron chi connectivity index (χ0n) is 9.98. The lowest BCUT2D eigenvalue weighted by Gasteiger charge is -2.30. The van der Waals surface area contributed by atoms with Gasteiger partial charge < -0.3 is 5.32 Å². The van der Waals surface area contributed by atoms with Crippen molar-refractivity contribution in [2.24, 2.45) is 5.92 Å². The normalized spacial score (nSPS) is 24.5. The molecule has 92 valence electrons. The summed E-state index contributed by atoms with van der Waals surface area (Å²) in [6.07, 6.45) is 1.28. The van der Waals surface area contributed by atoms with Crippen LogP contribution in [-0.4, -0.2) is 13.1 Å². The Balaban J connectivity index is 0.00000108. The van der Waals surface area contributed by atoms with Crippen LogP contribution in [0.25, 0.3) is 10.1 Å². The van der Waals surface area contributed by atoms with E-state index in [1.165, 1.54) is 16.5 Å². The standard InChI is InChI=1S/C14H17NS.ClH/c1-10-9-15-7-5-12(10)13-4-2-3-11-6-8-16-14(11)13;/h2-4,6,8,10,12,15H,5,7,9H2,1H3;1H/t10-,12+;/m1./s1. The van der Waals surface area contributed by atoms with Gasteiger partial charge in [0.05, 0.1) is 0 Å². The summed E-state index contributed by atoms with van der Waals surface area (Å²) in [5.41, 5.74) is 1.57. The molecule has 1 aromatic carbocycles. The van der Waals surface area contributed by atoms with Crippen molar-refractivity contribution in [3.05, 3.63) is 35.2 Å². The summed E-state index contributed by atoms with van der Waals surface area (Å²) in [6, 6.07) is 8.99. The van der Waals surface area contributed by atoms with Crippen LogP contribution in [0.5, 0.6) is 0 Å². The zero-order valence-corrected chi connectivity index (χ0v) is 11.6. The fraction of sp³-hybridized carbons (Fsp3) is 0.429. The smallest absolute Gasteiger partial charge is 0.0377 e. The zero-order chi connectivity index (χ0) is 11.0. The average molecular weight is 268 g/mol. The average Bonchev–Trinajstić information content (AvgIpc) is 2.77. The summed E-state index contributed by atoms with van der Waals surface area (Å²) >= 11 is 1.89. The van der Waals surface area contributed by atoms with Gasteiger partial charge in [0, 0.05) is 4.70 Å². The van der Waals surface area contributed by atoms with Crippen LogP contribution in [-0.2, 0) is 0 Å². The first-order valence-corrected chi connectivity index (χ1v) is 6.91. The van der Waals surface area contributed by atoms with E-state index >= 15 is 0 Å². The van der Waals surface area contributed by atoms with Crippen LogP contribution in [0.15, 0.2) is 29.6 Å². The number of rotatable bonds is 1. The molecule has 1 aliphatic heterocycles. The predicted molar refractivity (Wildman–Crippen MR) is 78.5 cm³/mol. The van der Waals surface area contributed by atoms with Crippen LogP contribution in [0.1, 0.15) is 24.8 Å². The number of piperidine rings is 1. The van der Waals surface area contributed by atoms with Gasteiger partial charge in [-0.2, -0.15) is 0 Å². The Morgan fingerprint density at radius 2 is 2.18 bits per heavy atom. The third kappa shape index (κ3) is 2.35. The van der Waals surface area contributed by atoms with Gasteiger partial charge in [-0.25, -0.2) is 0 Å². The highest BCUT2D eigenvalue weighted by Crippen LogP contribution is 2.36. The molecule has 1 aliphatic rings. The molecule has 1 aromatic heterocycles. The van der Waals surface area contributed by atoms with Crippen LogP contribution in [0.3, 0.4) is 0 Å². The predicted octanol–water partition coefficient (Wildman–Crippen LogP) is 4.04. The summed E-state index contributed by atoms with van der Waals surface area (Å²) in [5.74, 6) is 1.49. The highest BCUT2D eigenvalue weighted by Gasteiger charge is 2.24. The van der Waals surface area contributed by atoms with E-state index in [1.54, 1.807) is 5.56 Å². The Hall–Kier alpha value is -0.570. The third-order valence-corrected chi connectivity index (χ3v) is 4.67. The second kappa shape index (κ2) is 5.38. The van der Waals surface area contributed by atoms with Crippen molar-refractivity contribution in [1.82, 2.24) is 5.32 Å². The second-order valence-corrected chi connectivity index (χ2v) is 5.68. The van der Waals surface area contributed by atoms with E-state index in [0.717, 1.165) is 24.9 Å². The molecule has 0 unspecified atom stereocenters. The van der Waals surface area contributed by atoms with E-state index < -0.39 is 0 Å². The minimum atomic E-state index is 0. The van der Waals surface area contributed by atoms with Crippen LogP contribution in [0, 0.1) is 5.92 Å². The van der Waals surface area contributed by atoms with E-state index in [1.807, 2.05) is 11.3 Å². The van der Waals surface area contributed by atoms with Gasteiger partial charge in [-0.3, -0.25) is 0 Å². The summed E-state index contributed by atoms with van der Waals surface area (Å²) in [5, 5.41) is 7.10. The quantitative estimate of drug-likeness (QED) is 0.822. The van der Waals surface area contributed by atoms with Crippen molar-refractivity contribution in [3.63, 3.8) is 0 Å². The van der Waals surface area contributed by atoms with Crippen molar-refractivity contribution < 1.29 is 0 Å². The molecule has 0 saturated carbocycles. The molecule has 1 fully saturated rings. The number of hydrogen-bond acceptors (Lipinski definition) is 2. The Morgan fingerprint density at radius 3 is 3.00 bits per heavy atom. The molecular weight excluding hydrogens is 250 g/mol. The summed E-state index contributed by atoms with van der Waals surface area (Å²) in [6.45, 7) is 4.69. The Labute approximate surface area is 113 Å². The maximum Gasteiger partial charge on any atom is 0.0377 e. The minimum absolute atomic E-state index is 0. The van der Waals surface area contributed by atoms with E-state index in [0.29, 0.717) is 0 Å². The van der Waals surface area contributed by atoms with Crippen molar-refractivity contribution in [1.29, 1.82) is 0 Å². The Morgan fingerprint density at radius 1 is 1.29 bits per heavy atom. The number of fused-ring (bicyclic) bond motifs is 1. The number of nitrogens with one attached hydrogen (secondary N) is 1. The Bertz CT molecular complexity index is 494. The van der Waals surface area contributed by atoms with E-state index in [2.05, 4.69) is 41.9 Å². The monoisotopic (exact) mass is 267 g/mol. The highest BCUT2D eigenvalue weighted by atomic mass is 35.5. The van der Waals surface area contributed by atoms with Crippen molar-refractivity contribution in [2.45, 2.75) is 19.3 Å². The van der Waals surface area contributed by atoms with Crippen molar-refractivity contribution >= 4 is 33.8 Å². The molecule has 0 bridgehead atoms. The van der Waals surface area contributed by atoms with Gasteiger partial charge in [-0.15, -0.1) is 23.7 Å². The first kappa shape index (κ1) is 12.9. The van der Waals surface area contributed by atoms with Gasteiger partial charge in [0.2, 0.25) is 0 Å². The van der Waals surface area contributed by atoms with Gasteiger partial charge in [0.1, 0.15) is 0 Å². The molecular formula is C14H18ClNS. The van der Waals surface area contributed by atoms with Crippen molar-refractivity contribution in [2.75, 3.05) is 13.1 Å². The van der Waals surface area contributed by atoms with E-state index in [9.17, 15) is 0 Å². The maximum atomic E-state index is 3.48. The third-order valence-electron chi connectivity index (χ3n) is 3.69. The summed E-state index contributed by atoms with van der Waals surface area (Å²) in [4.78, 5) is 0. The lowest BCUT2D eigenvalue weighted by molar-refractivity contribution is 0.351. The molecule has 1 N–H and O–H groups in total. The van der Waals surface area contributed by atoms with Gasteiger partial charge in [0.15, 0.2) is 0 Å². The lowest BCUT2D eigenvalue weighted by Crippen LogP contribution is -2.33. The molecule has 0 radical (unpaired) electrons. The fourth-order valence-electron chi connectivity index (χ4n) is 2.78. The largest absolute Gasteiger partial charge is 0.316 e. The first-order valence-electron chi connectivity index (χ1n) is 6.03. The molecule has 1 nitrogen and oxygen atoms in total. The SMILES string of the molecule is C[C@@H]1CNCC[C@@H]1c1cccc2ccsc12.Cl. The first-order chi connectivity index (χ1) is 7.86. The van der Waals surface area contributed by atoms with Crippen LogP contribution in [0.2, 0.25) is 0 Å². The van der Waals surface area contributed by atoms with Gasteiger partial charge in [-0.05, 0) is 53.7 Å². The van der Waals surface area contributed by atoms with E-state index in [-0.39, 0.29) is 12.4 Å². The highest BCUT2D eigenvalue weighted by molar-refractivity contribution is 7.17. The summed E-state index contributed by atoms with van der Waals surface area (Å²) < 4.78 is 1.50. The molecule has 17 heavy (non-hydrogen) atoms. The van der Waals surface area contributed by atoms with Crippen molar-refractivity contribution in [3.8, 4) is 0 Å². The molecule has 3 rings (SSSR count). The Kier molecular flexibility index (Phi) is 4.08. The fourth-order valence-corrected chi connectivity index (χ4v) is 3.76. The lowest BCUT2D eigenvalue weighted by atomic mass is 9.82. The second-order valence-electron chi connectivity index (χ2n) is 4.76. The molecule has 1 saturated heterocycles. The van der Waals surface area contributed by atoms with Crippen LogP contribution < -0.4 is 5.32 Å². The molecule has 0 aliphatic carbocycles.